The molecule has 0 heterocycles. The lowest BCUT2D eigenvalue weighted by Crippen LogP contribution is -2.39. The SMILES string of the molecule is CC(C)(CCNC(=O)NCC1CCCCC1)CCC(=O)O. The molecule has 1 saturated carbocycles. The number of hydrogen-bond donors (Lipinski definition) is 3. The van der Waals surface area contributed by atoms with Crippen LogP contribution in [0.25, 0.3) is 0 Å². The second-order valence-corrected chi connectivity index (χ2v) is 6.95. The molecule has 0 saturated heterocycles. The predicted octanol–water partition coefficient (Wildman–Crippen LogP) is 3.15. The van der Waals surface area contributed by atoms with Gasteiger partial charge in [-0.1, -0.05) is 33.1 Å². The Balaban J connectivity index is 2.10. The van der Waals surface area contributed by atoms with Gasteiger partial charge in [0, 0.05) is 19.5 Å². The molecule has 1 fully saturated rings. The van der Waals surface area contributed by atoms with Crippen molar-refractivity contribution in [2.75, 3.05) is 13.1 Å². The van der Waals surface area contributed by atoms with Crippen molar-refractivity contribution in [3.8, 4) is 0 Å². The van der Waals surface area contributed by atoms with E-state index in [0.29, 0.717) is 18.9 Å². The number of hydrogen-bond acceptors (Lipinski definition) is 2. The number of carboxylic acids is 1. The van der Waals surface area contributed by atoms with Crippen molar-refractivity contribution in [3.05, 3.63) is 0 Å². The molecule has 1 rings (SSSR count). The number of nitrogens with one attached hydrogen (secondary N) is 2. The molecule has 0 spiro atoms. The molecule has 1 aliphatic rings. The van der Waals surface area contributed by atoms with Gasteiger partial charge in [-0.2, -0.15) is 0 Å². The third-order valence-electron chi connectivity index (χ3n) is 4.38. The van der Waals surface area contributed by atoms with Crippen LogP contribution in [0, 0.1) is 11.3 Å². The third-order valence-corrected chi connectivity index (χ3v) is 4.38. The van der Waals surface area contributed by atoms with Crippen molar-refractivity contribution >= 4 is 12.0 Å². The van der Waals surface area contributed by atoms with Crippen LogP contribution in [0.2, 0.25) is 0 Å². The van der Waals surface area contributed by atoms with E-state index in [0.717, 1.165) is 13.0 Å². The van der Waals surface area contributed by atoms with Crippen molar-refractivity contribution in [3.63, 3.8) is 0 Å². The van der Waals surface area contributed by atoms with E-state index < -0.39 is 5.97 Å². The molecule has 21 heavy (non-hydrogen) atoms. The first-order chi connectivity index (χ1) is 9.89. The highest BCUT2D eigenvalue weighted by Gasteiger charge is 2.19. The van der Waals surface area contributed by atoms with Crippen molar-refractivity contribution in [1.82, 2.24) is 10.6 Å². The first-order valence-corrected chi connectivity index (χ1v) is 8.12. The smallest absolute Gasteiger partial charge is 0.314 e. The van der Waals surface area contributed by atoms with Crippen LogP contribution in [-0.4, -0.2) is 30.2 Å². The molecule has 0 aromatic rings. The topological polar surface area (TPSA) is 78.4 Å². The monoisotopic (exact) mass is 298 g/mol. The summed E-state index contributed by atoms with van der Waals surface area (Å²) in [5.41, 5.74) is -0.0605. The minimum absolute atomic E-state index is 0.0605. The quantitative estimate of drug-likeness (QED) is 0.644. The molecule has 0 atom stereocenters. The highest BCUT2D eigenvalue weighted by molar-refractivity contribution is 5.73. The number of aliphatic carboxylic acids is 1. The highest BCUT2D eigenvalue weighted by Crippen LogP contribution is 2.26. The van der Waals surface area contributed by atoms with Crippen LogP contribution in [0.4, 0.5) is 4.79 Å². The Morgan fingerprint density at radius 3 is 2.38 bits per heavy atom. The van der Waals surface area contributed by atoms with Crippen molar-refractivity contribution in [1.29, 1.82) is 0 Å². The van der Waals surface area contributed by atoms with Crippen molar-refractivity contribution in [2.24, 2.45) is 11.3 Å². The average Bonchev–Trinajstić information content (AvgIpc) is 2.44. The van der Waals surface area contributed by atoms with Crippen LogP contribution in [0.1, 0.15) is 65.2 Å². The molecule has 0 aromatic heterocycles. The molecule has 5 heteroatoms. The molecule has 3 N–H and O–H groups in total. The van der Waals surface area contributed by atoms with Crippen LogP contribution in [0.3, 0.4) is 0 Å². The molecule has 122 valence electrons. The van der Waals surface area contributed by atoms with E-state index in [1.807, 2.05) is 13.8 Å². The molecule has 0 aliphatic heterocycles. The summed E-state index contributed by atoms with van der Waals surface area (Å²) in [6.07, 6.45) is 7.95. The standard InChI is InChI=1S/C16H30N2O3/c1-16(2,9-8-14(19)20)10-11-17-15(21)18-12-13-6-4-3-5-7-13/h13H,3-12H2,1-2H3,(H,19,20)(H2,17,18,21). The van der Waals surface area contributed by atoms with Gasteiger partial charge in [0.15, 0.2) is 0 Å². The molecule has 0 bridgehead atoms. The molecule has 0 radical (unpaired) electrons. The van der Waals surface area contributed by atoms with E-state index >= 15 is 0 Å². The molecular formula is C16H30N2O3. The van der Waals surface area contributed by atoms with Crippen LogP contribution >= 0.6 is 0 Å². The molecule has 5 nitrogen and oxygen atoms in total. The van der Waals surface area contributed by atoms with Gasteiger partial charge < -0.3 is 15.7 Å². The van der Waals surface area contributed by atoms with Gasteiger partial charge in [-0.3, -0.25) is 4.79 Å². The zero-order chi connectivity index (χ0) is 15.7. The zero-order valence-corrected chi connectivity index (χ0v) is 13.4. The number of rotatable bonds is 8. The Morgan fingerprint density at radius 2 is 1.76 bits per heavy atom. The van der Waals surface area contributed by atoms with Crippen LogP contribution in [0.5, 0.6) is 0 Å². The van der Waals surface area contributed by atoms with Gasteiger partial charge in [-0.25, -0.2) is 4.79 Å². The van der Waals surface area contributed by atoms with Gasteiger partial charge in [0.1, 0.15) is 0 Å². The maximum atomic E-state index is 11.7. The fourth-order valence-electron chi connectivity index (χ4n) is 2.78. The van der Waals surface area contributed by atoms with Crippen LogP contribution < -0.4 is 10.6 Å². The first kappa shape index (κ1) is 17.8. The fourth-order valence-corrected chi connectivity index (χ4v) is 2.78. The number of carbonyl (C=O) groups excluding carboxylic acids is 1. The van der Waals surface area contributed by atoms with E-state index in [9.17, 15) is 9.59 Å². The van der Waals surface area contributed by atoms with Gasteiger partial charge in [0.25, 0.3) is 0 Å². The normalized spacial score (nSPS) is 16.5. The second kappa shape index (κ2) is 8.90. The fraction of sp³-hybridized carbons (Fsp3) is 0.875. The van der Waals surface area contributed by atoms with E-state index in [-0.39, 0.29) is 17.9 Å². The van der Waals surface area contributed by atoms with Gasteiger partial charge >= 0.3 is 12.0 Å². The summed E-state index contributed by atoms with van der Waals surface area (Å²) in [6, 6.07) is -0.102. The van der Waals surface area contributed by atoms with Gasteiger partial charge in [0.05, 0.1) is 0 Å². The average molecular weight is 298 g/mol. The summed E-state index contributed by atoms with van der Waals surface area (Å²) in [7, 11) is 0. The Bertz CT molecular complexity index is 336. The Morgan fingerprint density at radius 1 is 1.10 bits per heavy atom. The summed E-state index contributed by atoms with van der Waals surface area (Å²) in [6.45, 7) is 5.44. The van der Waals surface area contributed by atoms with E-state index in [2.05, 4.69) is 10.6 Å². The lowest BCUT2D eigenvalue weighted by atomic mass is 9.84. The minimum atomic E-state index is -0.763. The summed E-state index contributed by atoms with van der Waals surface area (Å²) >= 11 is 0. The number of amides is 2. The maximum Gasteiger partial charge on any atom is 0.314 e. The number of urea groups is 1. The van der Waals surface area contributed by atoms with Gasteiger partial charge in [-0.15, -0.1) is 0 Å². The summed E-state index contributed by atoms with van der Waals surface area (Å²) < 4.78 is 0. The minimum Gasteiger partial charge on any atom is -0.481 e. The predicted molar refractivity (Wildman–Crippen MR) is 83.2 cm³/mol. The zero-order valence-electron chi connectivity index (χ0n) is 13.4. The highest BCUT2D eigenvalue weighted by atomic mass is 16.4. The summed E-state index contributed by atoms with van der Waals surface area (Å²) in [5.74, 6) is -0.127. The first-order valence-electron chi connectivity index (χ1n) is 8.12. The third kappa shape index (κ3) is 8.58. The lowest BCUT2D eigenvalue weighted by Gasteiger charge is -2.24. The van der Waals surface area contributed by atoms with Crippen LogP contribution in [0.15, 0.2) is 0 Å². The Labute approximate surface area is 127 Å². The molecule has 1 aliphatic carbocycles. The van der Waals surface area contributed by atoms with Crippen molar-refractivity contribution < 1.29 is 14.7 Å². The molecule has 2 amide bonds. The number of carbonyl (C=O) groups is 2. The van der Waals surface area contributed by atoms with Crippen molar-refractivity contribution in [2.45, 2.75) is 65.2 Å². The van der Waals surface area contributed by atoms with Crippen LogP contribution in [-0.2, 0) is 4.79 Å². The van der Waals surface area contributed by atoms with E-state index in [1.54, 1.807) is 0 Å². The van der Waals surface area contributed by atoms with Gasteiger partial charge in [-0.05, 0) is 37.0 Å². The lowest BCUT2D eigenvalue weighted by molar-refractivity contribution is -0.137. The molecular weight excluding hydrogens is 268 g/mol. The van der Waals surface area contributed by atoms with Gasteiger partial charge in [0.2, 0.25) is 0 Å². The summed E-state index contributed by atoms with van der Waals surface area (Å²) in [5, 5.41) is 14.5. The molecule has 0 aromatic carbocycles. The van der Waals surface area contributed by atoms with E-state index in [4.69, 9.17) is 5.11 Å². The maximum absolute atomic E-state index is 11.7. The Kier molecular flexibility index (Phi) is 7.54. The number of carboxylic acid groups (broad SMARTS) is 1. The van der Waals surface area contributed by atoms with E-state index in [1.165, 1.54) is 32.1 Å². The Hall–Kier alpha value is -1.26. The molecule has 0 unspecified atom stereocenters. The largest absolute Gasteiger partial charge is 0.481 e. The second-order valence-electron chi connectivity index (χ2n) is 6.95. The summed E-state index contributed by atoms with van der Waals surface area (Å²) in [4.78, 5) is 22.3.